The number of hydrogen-bond donors (Lipinski definition) is 0. The fourth-order valence-electron chi connectivity index (χ4n) is 2.39. The molecule has 116 valence electrons. The summed E-state index contributed by atoms with van der Waals surface area (Å²) in [6.45, 7) is 3.96. The molecular formula is C18H17F3O. The summed E-state index contributed by atoms with van der Waals surface area (Å²) in [6, 6.07) is 10.6. The molecule has 0 fully saturated rings. The third-order valence-corrected chi connectivity index (χ3v) is 3.63. The van der Waals surface area contributed by atoms with Crippen molar-refractivity contribution >= 4 is 5.78 Å². The Morgan fingerprint density at radius 2 is 1.77 bits per heavy atom. The van der Waals surface area contributed by atoms with Gasteiger partial charge in [0.05, 0.1) is 5.56 Å². The lowest BCUT2D eigenvalue weighted by atomic mass is 9.97. The molecule has 4 heteroatoms. The van der Waals surface area contributed by atoms with Crippen molar-refractivity contribution in [1.29, 1.82) is 0 Å². The molecule has 0 saturated carbocycles. The van der Waals surface area contributed by atoms with E-state index in [0.29, 0.717) is 6.42 Å². The van der Waals surface area contributed by atoms with Crippen LogP contribution in [0.5, 0.6) is 0 Å². The van der Waals surface area contributed by atoms with Crippen molar-refractivity contribution in [2.45, 2.75) is 32.9 Å². The van der Waals surface area contributed by atoms with Gasteiger partial charge in [0, 0.05) is 12.0 Å². The minimum Gasteiger partial charge on any atom is -0.294 e. The number of carbonyl (C=O) groups is 1. The molecule has 0 atom stereocenters. The van der Waals surface area contributed by atoms with Gasteiger partial charge in [0.25, 0.3) is 0 Å². The molecule has 0 amide bonds. The summed E-state index contributed by atoms with van der Waals surface area (Å²) in [4.78, 5) is 12.1. The fraction of sp³-hybridized carbons (Fsp3) is 0.278. The number of benzene rings is 2. The van der Waals surface area contributed by atoms with Crippen LogP contribution in [0.3, 0.4) is 0 Å². The average Bonchev–Trinajstić information content (AvgIpc) is 2.45. The minimum atomic E-state index is -4.43. The zero-order valence-corrected chi connectivity index (χ0v) is 12.5. The molecule has 0 unspecified atom stereocenters. The Kier molecular flexibility index (Phi) is 4.69. The van der Waals surface area contributed by atoms with E-state index >= 15 is 0 Å². The number of rotatable bonds is 4. The first kappa shape index (κ1) is 16.3. The summed E-state index contributed by atoms with van der Waals surface area (Å²) < 4.78 is 38.0. The van der Waals surface area contributed by atoms with E-state index in [2.05, 4.69) is 0 Å². The number of alkyl halides is 3. The summed E-state index contributed by atoms with van der Waals surface area (Å²) in [5, 5.41) is 0. The zero-order valence-electron chi connectivity index (χ0n) is 12.5. The fourth-order valence-corrected chi connectivity index (χ4v) is 2.39. The van der Waals surface area contributed by atoms with Gasteiger partial charge >= 0.3 is 6.18 Å². The van der Waals surface area contributed by atoms with Gasteiger partial charge in [-0.25, -0.2) is 0 Å². The molecule has 0 aromatic heterocycles. The lowest BCUT2D eigenvalue weighted by molar-refractivity contribution is -0.137. The normalized spacial score (nSPS) is 11.5. The van der Waals surface area contributed by atoms with E-state index in [1.54, 1.807) is 0 Å². The molecule has 1 nitrogen and oxygen atoms in total. The Morgan fingerprint density at radius 1 is 1.05 bits per heavy atom. The third kappa shape index (κ3) is 3.97. The zero-order chi connectivity index (χ0) is 16.3. The van der Waals surface area contributed by atoms with Crippen LogP contribution < -0.4 is 0 Å². The van der Waals surface area contributed by atoms with Gasteiger partial charge < -0.3 is 0 Å². The summed E-state index contributed by atoms with van der Waals surface area (Å²) in [7, 11) is 0. The van der Waals surface area contributed by atoms with Gasteiger partial charge in [0.1, 0.15) is 0 Å². The maximum atomic E-state index is 12.7. The first-order chi connectivity index (χ1) is 10.3. The molecule has 22 heavy (non-hydrogen) atoms. The van der Waals surface area contributed by atoms with Gasteiger partial charge in [-0.15, -0.1) is 0 Å². The van der Waals surface area contributed by atoms with E-state index in [-0.39, 0.29) is 17.8 Å². The smallest absolute Gasteiger partial charge is 0.294 e. The van der Waals surface area contributed by atoms with Crippen LogP contribution in [0, 0.1) is 13.8 Å². The summed E-state index contributed by atoms with van der Waals surface area (Å²) >= 11 is 0. The third-order valence-electron chi connectivity index (χ3n) is 3.63. The summed E-state index contributed by atoms with van der Waals surface area (Å²) in [5.74, 6) is -0.272. The van der Waals surface area contributed by atoms with E-state index in [1.165, 1.54) is 12.1 Å². The van der Waals surface area contributed by atoms with Gasteiger partial charge in [-0.05, 0) is 43.5 Å². The molecular weight excluding hydrogens is 289 g/mol. The molecule has 2 aromatic rings. The van der Waals surface area contributed by atoms with Crippen LogP contribution in [-0.2, 0) is 12.6 Å². The molecule has 0 spiro atoms. The predicted octanol–water partition coefficient (Wildman–Crippen LogP) is 5.14. The Labute approximate surface area is 127 Å². The highest BCUT2D eigenvalue weighted by Gasteiger charge is 2.30. The van der Waals surface area contributed by atoms with Crippen LogP contribution in [0.2, 0.25) is 0 Å². The highest BCUT2D eigenvalue weighted by molar-refractivity contribution is 5.96. The lowest BCUT2D eigenvalue weighted by Gasteiger charge is -2.09. The van der Waals surface area contributed by atoms with Crippen LogP contribution in [0.15, 0.2) is 42.5 Å². The van der Waals surface area contributed by atoms with Gasteiger partial charge in [-0.3, -0.25) is 4.79 Å². The second-order valence-corrected chi connectivity index (χ2v) is 5.43. The molecule has 0 N–H and O–H groups in total. The van der Waals surface area contributed by atoms with Crippen molar-refractivity contribution in [1.82, 2.24) is 0 Å². The van der Waals surface area contributed by atoms with E-state index < -0.39 is 11.7 Å². The summed E-state index contributed by atoms with van der Waals surface area (Å²) in [5.41, 5.74) is 2.61. The number of hydrogen-bond acceptors (Lipinski definition) is 1. The molecule has 0 aliphatic heterocycles. The highest BCUT2D eigenvalue weighted by Crippen LogP contribution is 2.29. The molecule has 0 heterocycles. The van der Waals surface area contributed by atoms with Crippen LogP contribution in [0.25, 0.3) is 0 Å². The van der Waals surface area contributed by atoms with Crippen LogP contribution in [0.4, 0.5) is 13.2 Å². The van der Waals surface area contributed by atoms with Crippen molar-refractivity contribution in [3.63, 3.8) is 0 Å². The van der Waals surface area contributed by atoms with E-state index in [9.17, 15) is 18.0 Å². The Bertz CT molecular complexity index is 687. The van der Waals surface area contributed by atoms with Crippen LogP contribution in [0.1, 0.15) is 39.0 Å². The number of Topliss-reactive ketones (excluding diaryl/α,β-unsaturated/α-hetero) is 1. The molecule has 0 radical (unpaired) electrons. The standard InChI is InChI=1S/C18H17F3O/c1-12-6-7-14(13(2)10-12)8-9-17(22)15-4-3-5-16(11-15)18(19,20)21/h3-7,10-11H,8-9H2,1-2H3. The Balaban J connectivity index is 2.09. The van der Waals surface area contributed by atoms with Crippen LogP contribution >= 0.6 is 0 Å². The highest BCUT2D eigenvalue weighted by atomic mass is 19.4. The molecule has 2 aromatic carbocycles. The summed E-state index contributed by atoms with van der Waals surface area (Å²) in [6.07, 6.45) is -3.70. The molecule has 0 bridgehead atoms. The van der Waals surface area contributed by atoms with Crippen molar-refractivity contribution < 1.29 is 18.0 Å². The monoisotopic (exact) mass is 306 g/mol. The Morgan fingerprint density at radius 3 is 2.41 bits per heavy atom. The number of carbonyl (C=O) groups excluding carboxylic acids is 1. The average molecular weight is 306 g/mol. The molecule has 2 rings (SSSR count). The van der Waals surface area contributed by atoms with Crippen molar-refractivity contribution in [2.75, 3.05) is 0 Å². The lowest BCUT2D eigenvalue weighted by Crippen LogP contribution is -2.08. The SMILES string of the molecule is Cc1ccc(CCC(=O)c2cccc(C(F)(F)F)c2)c(C)c1. The topological polar surface area (TPSA) is 17.1 Å². The predicted molar refractivity (Wildman–Crippen MR) is 80.0 cm³/mol. The largest absolute Gasteiger partial charge is 0.416 e. The number of aryl methyl sites for hydroxylation is 3. The minimum absolute atomic E-state index is 0.111. The maximum Gasteiger partial charge on any atom is 0.416 e. The van der Waals surface area contributed by atoms with E-state index in [1.807, 2.05) is 32.0 Å². The molecule has 0 aliphatic rings. The molecule has 0 aliphatic carbocycles. The second-order valence-electron chi connectivity index (χ2n) is 5.43. The van der Waals surface area contributed by atoms with Crippen molar-refractivity contribution in [3.05, 3.63) is 70.3 Å². The van der Waals surface area contributed by atoms with Gasteiger partial charge in [0.15, 0.2) is 5.78 Å². The van der Waals surface area contributed by atoms with Crippen LogP contribution in [-0.4, -0.2) is 5.78 Å². The molecule has 0 saturated heterocycles. The maximum absolute atomic E-state index is 12.7. The van der Waals surface area contributed by atoms with Crippen molar-refractivity contribution in [3.8, 4) is 0 Å². The first-order valence-electron chi connectivity index (χ1n) is 7.04. The first-order valence-corrected chi connectivity index (χ1v) is 7.04. The number of ketones is 1. The van der Waals surface area contributed by atoms with Gasteiger partial charge in [-0.2, -0.15) is 13.2 Å². The quantitative estimate of drug-likeness (QED) is 0.715. The van der Waals surface area contributed by atoms with E-state index in [4.69, 9.17) is 0 Å². The number of halogens is 3. The van der Waals surface area contributed by atoms with E-state index in [0.717, 1.165) is 28.8 Å². The Hall–Kier alpha value is -2.10. The van der Waals surface area contributed by atoms with Gasteiger partial charge in [-0.1, -0.05) is 35.9 Å². The second kappa shape index (κ2) is 6.34. The van der Waals surface area contributed by atoms with Gasteiger partial charge in [0.2, 0.25) is 0 Å². The van der Waals surface area contributed by atoms with Crippen molar-refractivity contribution in [2.24, 2.45) is 0 Å².